The Morgan fingerprint density at radius 3 is 2.71 bits per heavy atom. The van der Waals surface area contributed by atoms with E-state index in [4.69, 9.17) is 16.7 Å². The number of aryl methyl sites for hydroxylation is 1. The van der Waals surface area contributed by atoms with Crippen LogP contribution in [0.15, 0.2) is 34.5 Å². The number of halogens is 1. The standard InChI is InChI=1S/C14H12ClNO3S2/c1-10-4-7-14(20-10)21(18,19)16-13-6-5-12(15)9-11(13)3-2-8-17/h4-7,9,16-17H,8H2,1H3. The first-order valence-corrected chi connectivity index (χ1v) is 8.58. The molecular weight excluding hydrogens is 330 g/mol. The Hall–Kier alpha value is -1.52. The second-order valence-electron chi connectivity index (χ2n) is 4.12. The van der Waals surface area contributed by atoms with Gasteiger partial charge in [-0.15, -0.1) is 11.3 Å². The average Bonchev–Trinajstić information content (AvgIpc) is 2.86. The summed E-state index contributed by atoms with van der Waals surface area (Å²) in [6.07, 6.45) is 0. The second-order valence-corrected chi connectivity index (χ2v) is 7.75. The third-order valence-corrected chi connectivity index (χ3v) is 5.60. The summed E-state index contributed by atoms with van der Waals surface area (Å²) in [5, 5.41) is 9.19. The fourth-order valence-corrected chi connectivity index (χ4v) is 4.13. The van der Waals surface area contributed by atoms with Crippen LogP contribution in [0.5, 0.6) is 0 Å². The number of thiophene rings is 1. The number of nitrogens with one attached hydrogen (secondary N) is 1. The van der Waals surface area contributed by atoms with Gasteiger partial charge in [-0.2, -0.15) is 0 Å². The molecule has 4 nitrogen and oxygen atoms in total. The van der Waals surface area contributed by atoms with Crippen LogP contribution in [0, 0.1) is 18.8 Å². The highest BCUT2D eigenvalue weighted by atomic mass is 35.5. The number of hydrogen-bond acceptors (Lipinski definition) is 4. The monoisotopic (exact) mass is 341 g/mol. The van der Waals surface area contributed by atoms with Gasteiger partial charge >= 0.3 is 0 Å². The Balaban J connectivity index is 2.39. The van der Waals surface area contributed by atoms with Crippen molar-refractivity contribution in [2.45, 2.75) is 11.1 Å². The SMILES string of the molecule is Cc1ccc(S(=O)(=O)Nc2ccc(Cl)cc2C#CCO)s1. The van der Waals surface area contributed by atoms with Gasteiger partial charge in [-0.1, -0.05) is 23.4 Å². The van der Waals surface area contributed by atoms with E-state index in [1.54, 1.807) is 30.3 Å². The fourth-order valence-electron chi connectivity index (χ4n) is 1.60. The van der Waals surface area contributed by atoms with Crippen molar-refractivity contribution >= 4 is 38.6 Å². The van der Waals surface area contributed by atoms with Crippen LogP contribution < -0.4 is 4.72 Å². The average molecular weight is 342 g/mol. The van der Waals surface area contributed by atoms with Gasteiger partial charge < -0.3 is 5.11 Å². The maximum absolute atomic E-state index is 12.3. The van der Waals surface area contributed by atoms with Crippen molar-refractivity contribution < 1.29 is 13.5 Å². The molecule has 7 heteroatoms. The van der Waals surface area contributed by atoms with E-state index >= 15 is 0 Å². The molecule has 2 aromatic rings. The molecule has 0 aliphatic rings. The molecule has 0 saturated heterocycles. The lowest BCUT2D eigenvalue weighted by Gasteiger charge is -2.08. The minimum atomic E-state index is -3.66. The predicted octanol–water partition coefficient (Wildman–Crippen LogP) is 2.85. The highest BCUT2D eigenvalue weighted by Gasteiger charge is 2.17. The molecule has 1 aromatic carbocycles. The van der Waals surface area contributed by atoms with Gasteiger partial charge in [0, 0.05) is 9.90 Å². The summed E-state index contributed by atoms with van der Waals surface area (Å²) in [6.45, 7) is 1.52. The quantitative estimate of drug-likeness (QED) is 0.844. The first-order valence-electron chi connectivity index (χ1n) is 5.91. The zero-order chi connectivity index (χ0) is 15.5. The van der Waals surface area contributed by atoms with Crippen molar-refractivity contribution in [1.82, 2.24) is 0 Å². The van der Waals surface area contributed by atoms with Crippen molar-refractivity contribution in [3.63, 3.8) is 0 Å². The number of rotatable bonds is 3. The smallest absolute Gasteiger partial charge is 0.271 e. The van der Waals surface area contributed by atoms with Crippen LogP contribution in [-0.2, 0) is 10.0 Å². The van der Waals surface area contributed by atoms with Crippen molar-refractivity contribution in [2.24, 2.45) is 0 Å². The zero-order valence-electron chi connectivity index (χ0n) is 11.1. The topological polar surface area (TPSA) is 66.4 Å². The third kappa shape index (κ3) is 3.99. The molecule has 0 bridgehead atoms. The summed E-state index contributed by atoms with van der Waals surface area (Å²) in [5.74, 6) is 5.15. The van der Waals surface area contributed by atoms with E-state index in [-0.39, 0.29) is 10.8 Å². The number of anilines is 1. The van der Waals surface area contributed by atoms with Crippen molar-refractivity contribution in [3.8, 4) is 11.8 Å². The van der Waals surface area contributed by atoms with Gasteiger partial charge in [-0.05, 0) is 37.3 Å². The second kappa shape index (κ2) is 6.50. The van der Waals surface area contributed by atoms with E-state index in [1.807, 2.05) is 6.92 Å². The maximum Gasteiger partial charge on any atom is 0.271 e. The molecule has 0 aliphatic carbocycles. The van der Waals surface area contributed by atoms with Crippen molar-refractivity contribution in [3.05, 3.63) is 45.8 Å². The summed E-state index contributed by atoms with van der Waals surface area (Å²) in [5.41, 5.74) is 0.736. The number of aliphatic hydroxyl groups excluding tert-OH is 1. The Morgan fingerprint density at radius 2 is 2.10 bits per heavy atom. The molecule has 2 rings (SSSR count). The Kier molecular flexibility index (Phi) is 4.91. The van der Waals surface area contributed by atoms with Crippen LogP contribution in [0.3, 0.4) is 0 Å². The molecule has 0 saturated carbocycles. The maximum atomic E-state index is 12.3. The van der Waals surface area contributed by atoms with Crippen LogP contribution in [0.1, 0.15) is 10.4 Å². The first kappa shape index (κ1) is 15.9. The number of hydrogen-bond donors (Lipinski definition) is 2. The fraction of sp³-hybridized carbons (Fsp3) is 0.143. The van der Waals surface area contributed by atoms with Crippen molar-refractivity contribution in [2.75, 3.05) is 11.3 Å². The van der Waals surface area contributed by atoms with Gasteiger partial charge in [0.15, 0.2) is 0 Å². The molecule has 21 heavy (non-hydrogen) atoms. The van der Waals surface area contributed by atoms with Crippen LogP contribution in [-0.4, -0.2) is 20.1 Å². The molecule has 2 N–H and O–H groups in total. The molecule has 0 fully saturated rings. The Labute approximate surface area is 132 Å². The van der Waals surface area contributed by atoms with E-state index in [1.165, 1.54) is 11.3 Å². The molecule has 1 heterocycles. The number of benzene rings is 1. The molecule has 0 unspecified atom stereocenters. The van der Waals surface area contributed by atoms with Gasteiger partial charge in [0.05, 0.1) is 11.3 Å². The molecule has 0 amide bonds. The van der Waals surface area contributed by atoms with E-state index in [0.717, 1.165) is 4.88 Å². The molecule has 0 radical (unpaired) electrons. The molecule has 110 valence electrons. The Bertz CT molecular complexity index is 816. The van der Waals surface area contributed by atoms with Crippen LogP contribution in [0.2, 0.25) is 5.02 Å². The molecule has 0 spiro atoms. The predicted molar refractivity (Wildman–Crippen MR) is 85.3 cm³/mol. The first-order chi connectivity index (χ1) is 9.92. The summed E-state index contributed by atoms with van der Waals surface area (Å²) in [4.78, 5) is 0.909. The lowest BCUT2D eigenvalue weighted by atomic mass is 10.2. The Morgan fingerprint density at radius 1 is 1.33 bits per heavy atom. The third-order valence-electron chi connectivity index (χ3n) is 2.51. The van der Waals surface area contributed by atoms with Crippen molar-refractivity contribution in [1.29, 1.82) is 0 Å². The largest absolute Gasteiger partial charge is 0.384 e. The molecule has 0 atom stereocenters. The van der Waals surface area contributed by atoms with Gasteiger partial charge in [0.25, 0.3) is 10.0 Å². The minimum absolute atomic E-state index is 0.232. The summed E-state index contributed by atoms with van der Waals surface area (Å²) >= 11 is 7.07. The number of sulfonamides is 1. The van der Waals surface area contributed by atoms with E-state index < -0.39 is 10.0 Å². The van der Waals surface area contributed by atoms with Crippen LogP contribution in [0.4, 0.5) is 5.69 Å². The van der Waals surface area contributed by atoms with Crippen LogP contribution >= 0.6 is 22.9 Å². The van der Waals surface area contributed by atoms with E-state index in [2.05, 4.69) is 16.6 Å². The normalized spacial score (nSPS) is 10.8. The summed E-state index contributed by atoms with van der Waals surface area (Å²) in [7, 11) is -3.66. The van der Waals surface area contributed by atoms with Gasteiger partial charge in [-0.25, -0.2) is 8.42 Å². The zero-order valence-corrected chi connectivity index (χ0v) is 13.4. The van der Waals surface area contributed by atoms with E-state index in [0.29, 0.717) is 16.3 Å². The summed E-state index contributed by atoms with van der Waals surface area (Å²) in [6, 6.07) is 7.96. The molecular formula is C14H12ClNO3S2. The minimum Gasteiger partial charge on any atom is -0.384 e. The summed E-state index contributed by atoms with van der Waals surface area (Å²) < 4.78 is 27.3. The van der Waals surface area contributed by atoms with Crippen LogP contribution in [0.25, 0.3) is 0 Å². The van der Waals surface area contributed by atoms with Gasteiger partial charge in [-0.3, -0.25) is 4.72 Å². The highest BCUT2D eigenvalue weighted by molar-refractivity contribution is 7.94. The molecule has 1 aromatic heterocycles. The van der Waals surface area contributed by atoms with Gasteiger partial charge in [0.1, 0.15) is 10.8 Å². The lowest BCUT2D eigenvalue weighted by Crippen LogP contribution is -2.12. The number of aliphatic hydroxyl groups is 1. The lowest BCUT2D eigenvalue weighted by molar-refractivity contribution is 0.350. The highest BCUT2D eigenvalue weighted by Crippen LogP contribution is 2.26. The van der Waals surface area contributed by atoms with Gasteiger partial charge in [0.2, 0.25) is 0 Å². The molecule has 0 aliphatic heterocycles. The van der Waals surface area contributed by atoms with E-state index in [9.17, 15) is 8.42 Å².